The van der Waals surface area contributed by atoms with Gasteiger partial charge in [0.05, 0.1) is 0 Å². The lowest BCUT2D eigenvalue weighted by atomic mass is 10.1. The summed E-state index contributed by atoms with van der Waals surface area (Å²) in [5, 5.41) is 3.52. The fraction of sp³-hybridized carbons (Fsp3) is 0.636. The smallest absolute Gasteiger partial charge is 0.0410 e. The Bertz CT molecular complexity index is 250. The lowest BCUT2D eigenvalue weighted by Crippen LogP contribution is -2.32. The van der Waals surface area contributed by atoms with Gasteiger partial charge in [0, 0.05) is 24.5 Å². The van der Waals surface area contributed by atoms with Crippen LogP contribution in [0.2, 0.25) is 0 Å². The van der Waals surface area contributed by atoms with E-state index >= 15 is 0 Å². The van der Waals surface area contributed by atoms with Crippen molar-refractivity contribution in [2.24, 2.45) is 0 Å². The van der Waals surface area contributed by atoms with Crippen molar-refractivity contribution < 1.29 is 0 Å². The number of hydrogen-bond donors (Lipinski definition) is 2. The predicted octanol–water partition coefficient (Wildman–Crippen LogP) is 1.56. The number of rotatable bonds is 4. The first kappa shape index (κ1) is 9.59. The van der Waals surface area contributed by atoms with E-state index in [0.717, 1.165) is 0 Å². The fourth-order valence-electron chi connectivity index (χ4n) is 2.11. The van der Waals surface area contributed by atoms with E-state index in [1.807, 2.05) is 29.2 Å². The second-order valence-electron chi connectivity index (χ2n) is 4.15. The number of nitrogens with zero attached hydrogens (tertiary/aromatic N) is 1. The van der Waals surface area contributed by atoms with Crippen molar-refractivity contribution in [3.8, 4) is 0 Å². The van der Waals surface area contributed by atoms with Crippen LogP contribution in [0, 0.1) is 0 Å². The molecule has 2 rings (SSSR count). The van der Waals surface area contributed by atoms with Crippen LogP contribution < -0.4 is 10.7 Å². The second-order valence-corrected chi connectivity index (χ2v) is 4.15. The van der Waals surface area contributed by atoms with E-state index < -0.39 is 0 Å². The van der Waals surface area contributed by atoms with E-state index in [4.69, 9.17) is 0 Å². The molecule has 1 fully saturated rings. The minimum absolute atomic E-state index is 0.526. The van der Waals surface area contributed by atoms with Gasteiger partial charge in [-0.2, -0.15) is 0 Å². The summed E-state index contributed by atoms with van der Waals surface area (Å²) in [5.74, 6) is 0. The van der Waals surface area contributed by atoms with E-state index in [-0.39, 0.29) is 0 Å². The molecule has 2 heterocycles. The van der Waals surface area contributed by atoms with Gasteiger partial charge in [0.15, 0.2) is 0 Å². The molecular formula is C11H19N3. The van der Waals surface area contributed by atoms with E-state index in [1.54, 1.807) is 0 Å². The Hall–Kier alpha value is -0.960. The zero-order valence-electron chi connectivity index (χ0n) is 8.74. The first-order valence-corrected chi connectivity index (χ1v) is 5.47. The van der Waals surface area contributed by atoms with Crippen LogP contribution in [0.1, 0.15) is 26.2 Å². The molecule has 1 aliphatic rings. The zero-order valence-corrected chi connectivity index (χ0v) is 8.74. The molecule has 0 aromatic carbocycles. The third-order valence-electron chi connectivity index (χ3n) is 2.77. The van der Waals surface area contributed by atoms with E-state index in [1.165, 1.54) is 25.8 Å². The molecule has 0 spiro atoms. The van der Waals surface area contributed by atoms with Crippen molar-refractivity contribution in [3.05, 3.63) is 24.5 Å². The normalized spacial score (nSPS) is 23.6. The first-order chi connectivity index (χ1) is 6.84. The van der Waals surface area contributed by atoms with E-state index in [9.17, 15) is 0 Å². The van der Waals surface area contributed by atoms with Gasteiger partial charge in [-0.3, -0.25) is 4.68 Å². The Morgan fingerprint density at radius 3 is 2.93 bits per heavy atom. The molecular weight excluding hydrogens is 174 g/mol. The number of hydrogen-bond acceptors (Lipinski definition) is 2. The van der Waals surface area contributed by atoms with Crippen LogP contribution in [0.4, 0.5) is 0 Å². The topological polar surface area (TPSA) is 29.0 Å². The lowest BCUT2D eigenvalue weighted by molar-refractivity contribution is 0.502. The molecule has 2 unspecified atom stereocenters. The Morgan fingerprint density at radius 1 is 1.50 bits per heavy atom. The van der Waals surface area contributed by atoms with Gasteiger partial charge in [-0.25, -0.2) is 0 Å². The quantitative estimate of drug-likeness (QED) is 0.760. The maximum Gasteiger partial charge on any atom is 0.0410 e. The van der Waals surface area contributed by atoms with Crippen LogP contribution in [0.5, 0.6) is 0 Å². The minimum atomic E-state index is 0.526. The van der Waals surface area contributed by atoms with Gasteiger partial charge in [0.2, 0.25) is 0 Å². The highest BCUT2D eigenvalue weighted by Gasteiger charge is 2.16. The molecule has 3 heteroatoms. The van der Waals surface area contributed by atoms with Crippen molar-refractivity contribution in [1.82, 2.24) is 9.99 Å². The third kappa shape index (κ3) is 2.51. The molecule has 2 N–H and O–H groups in total. The predicted molar refractivity (Wildman–Crippen MR) is 58.9 cm³/mol. The summed E-state index contributed by atoms with van der Waals surface area (Å²) in [6.07, 6.45) is 7.95. The summed E-state index contributed by atoms with van der Waals surface area (Å²) in [6.45, 7) is 3.43. The standard InChI is InChI=1S/C11H19N3/c1-10(9-11-5-4-6-12-11)13-14-7-2-3-8-14/h2-3,7-8,10-13H,4-6,9H2,1H3. The third-order valence-corrected chi connectivity index (χ3v) is 2.77. The molecule has 2 atom stereocenters. The van der Waals surface area contributed by atoms with Crippen LogP contribution in [-0.4, -0.2) is 23.3 Å². The van der Waals surface area contributed by atoms with Crippen molar-refractivity contribution in [2.75, 3.05) is 12.0 Å². The Morgan fingerprint density at radius 2 is 2.29 bits per heavy atom. The maximum atomic E-state index is 3.52. The Labute approximate surface area is 85.5 Å². The van der Waals surface area contributed by atoms with Gasteiger partial charge in [-0.1, -0.05) is 0 Å². The van der Waals surface area contributed by atoms with Gasteiger partial charge < -0.3 is 10.7 Å². The molecule has 1 aromatic heterocycles. The molecule has 3 nitrogen and oxygen atoms in total. The van der Waals surface area contributed by atoms with Crippen molar-refractivity contribution >= 4 is 0 Å². The highest BCUT2D eigenvalue weighted by molar-refractivity contribution is 4.95. The zero-order chi connectivity index (χ0) is 9.80. The van der Waals surface area contributed by atoms with Crippen LogP contribution in [0.15, 0.2) is 24.5 Å². The molecule has 0 radical (unpaired) electrons. The molecule has 0 amide bonds. The Balaban J connectivity index is 1.75. The average molecular weight is 193 g/mol. The monoisotopic (exact) mass is 193 g/mol. The molecule has 14 heavy (non-hydrogen) atoms. The summed E-state index contributed by atoms with van der Waals surface area (Å²) < 4.78 is 2.03. The van der Waals surface area contributed by atoms with Gasteiger partial charge in [-0.15, -0.1) is 0 Å². The van der Waals surface area contributed by atoms with Crippen LogP contribution in [0.3, 0.4) is 0 Å². The van der Waals surface area contributed by atoms with Crippen LogP contribution in [-0.2, 0) is 0 Å². The number of nitrogens with one attached hydrogen (secondary N) is 2. The molecule has 0 bridgehead atoms. The second kappa shape index (κ2) is 4.51. The largest absolute Gasteiger partial charge is 0.324 e. The van der Waals surface area contributed by atoms with Crippen LogP contribution >= 0.6 is 0 Å². The van der Waals surface area contributed by atoms with E-state index in [2.05, 4.69) is 17.7 Å². The van der Waals surface area contributed by atoms with Gasteiger partial charge in [0.1, 0.15) is 0 Å². The first-order valence-electron chi connectivity index (χ1n) is 5.47. The van der Waals surface area contributed by atoms with Crippen LogP contribution in [0.25, 0.3) is 0 Å². The Kier molecular flexibility index (Phi) is 3.09. The molecule has 0 aliphatic carbocycles. The number of aromatic nitrogens is 1. The highest BCUT2D eigenvalue weighted by Crippen LogP contribution is 2.11. The van der Waals surface area contributed by atoms with Gasteiger partial charge in [0.25, 0.3) is 0 Å². The summed E-state index contributed by atoms with van der Waals surface area (Å²) in [5.41, 5.74) is 3.43. The highest BCUT2D eigenvalue weighted by atomic mass is 15.4. The minimum Gasteiger partial charge on any atom is -0.324 e. The average Bonchev–Trinajstić information content (AvgIpc) is 2.76. The maximum absolute atomic E-state index is 3.52. The van der Waals surface area contributed by atoms with E-state index in [0.29, 0.717) is 12.1 Å². The van der Waals surface area contributed by atoms with Crippen molar-refractivity contribution in [1.29, 1.82) is 0 Å². The molecule has 1 saturated heterocycles. The SMILES string of the molecule is CC(CC1CCCN1)Nn1cccc1. The molecule has 78 valence electrons. The summed E-state index contributed by atoms with van der Waals surface area (Å²) in [6, 6.07) is 5.31. The van der Waals surface area contributed by atoms with Gasteiger partial charge >= 0.3 is 0 Å². The summed E-state index contributed by atoms with van der Waals surface area (Å²) in [7, 11) is 0. The summed E-state index contributed by atoms with van der Waals surface area (Å²) >= 11 is 0. The summed E-state index contributed by atoms with van der Waals surface area (Å²) in [4.78, 5) is 0. The fourth-order valence-corrected chi connectivity index (χ4v) is 2.11. The van der Waals surface area contributed by atoms with Crippen molar-refractivity contribution in [2.45, 2.75) is 38.3 Å². The molecule has 0 saturated carbocycles. The van der Waals surface area contributed by atoms with Gasteiger partial charge in [-0.05, 0) is 44.9 Å². The molecule has 1 aromatic rings. The lowest BCUT2D eigenvalue weighted by Gasteiger charge is -2.19. The molecule has 1 aliphatic heterocycles. The van der Waals surface area contributed by atoms with Crippen molar-refractivity contribution in [3.63, 3.8) is 0 Å².